The number of nitrogens with zero attached hydrogens (tertiary/aromatic N) is 24. The van der Waals surface area contributed by atoms with Crippen LogP contribution in [0.15, 0.2) is 115 Å². The largest absolute Gasteiger partial charge is 0.401 e. The summed E-state index contributed by atoms with van der Waals surface area (Å²) in [6.07, 6.45) is 18.6. The number of piperidine rings is 2. The Kier molecular flexibility index (Phi) is 28.8. The Bertz CT molecular complexity index is 7130. The van der Waals surface area contributed by atoms with Gasteiger partial charge in [-0.1, -0.05) is 27.7 Å². The van der Waals surface area contributed by atoms with Crippen LogP contribution in [0.3, 0.4) is 0 Å². The monoisotopic (exact) mass is 2110 g/mol. The van der Waals surface area contributed by atoms with Gasteiger partial charge in [-0.3, -0.25) is 9.80 Å². The molecular formula is C90H92Br5F3N30O2S. The zero-order chi connectivity index (χ0) is 92.1. The van der Waals surface area contributed by atoms with Crippen molar-refractivity contribution in [3.63, 3.8) is 0 Å². The third-order valence-corrected chi connectivity index (χ3v) is 28.0. The number of alkyl halides is 3. The summed E-state index contributed by atoms with van der Waals surface area (Å²) < 4.78 is 65.2. The van der Waals surface area contributed by atoms with Gasteiger partial charge in [0.2, 0.25) is 0 Å². The molecule has 5 aliphatic heterocycles. The first-order valence-corrected chi connectivity index (χ1v) is 49.2. The lowest BCUT2D eigenvalue weighted by Gasteiger charge is -2.39. The van der Waals surface area contributed by atoms with E-state index in [0.717, 1.165) is 266 Å². The van der Waals surface area contributed by atoms with Gasteiger partial charge in [0.15, 0.2) is 28.5 Å². The zero-order valence-electron chi connectivity index (χ0n) is 72.4. The van der Waals surface area contributed by atoms with Gasteiger partial charge in [0.25, 0.3) is 0 Å². The normalized spacial score (nSPS) is 16.0. The number of piperazine rings is 3. The number of hydrogen-bond acceptors (Lipinski definition) is 27. The van der Waals surface area contributed by atoms with Crippen LogP contribution in [0.2, 0.25) is 0 Å². The molecule has 32 nitrogen and oxygen atoms in total. The fourth-order valence-corrected chi connectivity index (χ4v) is 20.6. The van der Waals surface area contributed by atoms with Gasteiger partial charge in [-0.15, -0.1) is 0 Å². The Hall–Kier alpha value is -11.1. The molecule has 41 heteroatoms. The number of nitrogens with one attached hydrogen (secondary N) is 6. The molecule has 0 aliphatic carbocycles. The number of likely N-dealkylation sites (tertiary alicyclic amines) is 1. The number of nitriles is 5. The van der Waals surface area contributed by atoms with Gasteiger partial charge in [-0.2, -0.15) is 39.5 Å². The van der Waals surface area contributed by atoms with Crippen molar-refractivity contribution < 1.29 is 21.6 Å². The molecular weight excluding hydrogens is 2020 g/mol. The van der Waals surface area contributed by atoms with Gasteiger partial charge in [-0.25, -0.2) is 58.3 Å². The van der Waals surface area contributed by atoms with Crippen LogP contribution < -0.4 is 24.9 Å². The van der Waals surface area contributed by atoms with E-state index < -0.39 is 22.6 Å². The number of hydrogen-bond donors (Lipinski definition) is 6. The Morgan fingerprint density at radius 1 is 0.397 bits per heavy atom. The molecule has 5 aliphatic rings. The van der Waals surface area contributed by atoms with Crippen LogP contribution in [0.1, 0.15) is 81.8 Å². The quantitative estimate of drug-likeness (QED) is 0.0555. The van der Waals surface area contributed by atoms with Crippen LogP contribution in [-0.4, -0.2) is 282 Å². The molecule has 0 amide bonds. The minimum Gasteiger partial charge on any atom is -0.379 e. The predicted octanol–water partition coefficient (Wildman–Crippen LogP) is 15.9. The lowest BCUT2D eigenvalue weighted by Crippen LogP contribution is -2.49. The lowest BCUT2D eigenvalue weighted by molar-refractivity contribution is -0.146. The van der Waals surface area contributed by atoms with E-state index in [1.54, 1.807) is 62.0 Å². The highest BCUT2D eigenvalue weighted by molar-refractivity contribution is 9.11. The number of H-pyrrole nitrogens is 5. The number of halogens is 8. The summed E-state index contributed by atoms with van der Waals surface area (Å²) in [6, 6.07) is 22.2. The fourth-order valence-electron chi connectivity index (χ4n) is 18.4. The van der Waals surface area contributed by atoms with Gasteiger partial charge in [-0.05, 0) is 162 Å². The molecule has 0 radical (unpaired) electrons. The molecule has 5 saturated heterocycles. The van der Waals surface area contributed by atoms with Crippen molar-refractivity contribution in [3.05, 3.63) is 143 Å². The Balaban J connectivity index is 0.000000120. The number of rotatable bonds is 15. The fraction of sp³-hybridized carbons (Fsp3) is 0.389. The maximum absolute atomic E-state index is 12.6. The van der Waals surface area contributed by atoms with Crippen LogP contribution in [0.5, 0.6) is 0 Å². The van der Waals surface area contributed by atoms with Crippen molar-refractivity contribution in [1.29, 1.82) is 26.3 Å². The maximum Gasteiger partial charge on any atom is 0.401 e. The molecule has 0 atom stereocenters. The molecule has 15 aromatic rings. The second kappa shape index (κ2) is 40.5. The molecule has 0 aromatic carbocycles. The molecule has 5 fully saturated rings. The van der Waals surface area contributed by atoms with Crippen molar-refractivity contribution in [3.8, 4) is 30.3 Å². The molecule has 131 heavy (non-hydrogen) atoms. The highest BCUT2D eigenvalue weighted by Crippen LogP contribution is 2.43. The van der Waals surface area contributed by atoms with Gasteiger partial charge in [0.05, 0.1) is 99.3 Å². The van der Waals surface area contributed by atoms with Crippen LogP contribution in [-0.2, 0) is 9.84 Å². The van der Waals surface area contributed by atoms with Gasteiger partial charge in [0.1, 0.15) is 68.4 Å². The number of likely N-dealkylation sites (N-methyl/N-ethyl adjacent to an activating group) is 1. The first kappa shape index (κ1) is 93.1. The highest BCUT2D eigenvalue weighted by atomic mass is 79.9. The minimum absolute atomic E-state index is 0.162. The third kappa shape index (κ3) is 20.4. The van der Waals surface area contributed by atoms with E-state index in [4.69, 9.17) is 0 Å². The van der Waals surface area contributed by atoms with Crippen LogP contribution in [0.4, 0.5) is 41.6 Å². The van der Waals surface area contributed by atoms with Crippen LogP contribution in [0, 0.1) is 56.7 Å². The molecule has 20 heterocycles. The average molecular weight is 2110 g/mol. The van der Waals surface area contributed by atoms with E-state index in [9.17, 15) is 47.9 Å². The molecule has 0 unspecified atom stereocenters. The number of aromatic amines is 5. The van der Waals surface area contributed by atoms with E-state index in [1.807, 2.05) is 29.2 Å². The molecule has 15 aromatic heterocycles. The van der Waals surface area contributed by atoms with Gasteiger partial charge >= 0.3 is 6.18 Å². The first-order chi connectivity index (χ1) is 63.3. The van der Waals surface area contributed by atoms with E-state index in [-0.39, 0.29) is 24.5 Å². The summed E-state index contributed by atoms with van der Waals surface area (Å²) in [4.78, 5) is 79.9. The molecule has 6 N–H and O–H groups in total. The Morgan fingerprint density at radius 3 is 0.992 bits per heavy atom. The van der Waals surface area contributed by atoms with Crippen molar-refractivity contribution in [1.82, 2.24) is 99.3 Å². The maximum atomic E-state index is 12.6. The number of pyridine rings is 10. The molecule has 20 rings (SSSR count). The van der Waals surface area contributed by atoms with Crippen LogP contribution in [0.25, 0.3) is 110 Å². The number of sulfone groups is 1. The standard InChI is InChI=1S/C20H23BrN6.C18H19BrN6O2S.C18H19BrN6.C17H14BrF3N6.C17H17BrN6/c1-3-26(4-2)14-5-7-27(8-6-14)19-16(10-22)23-12-17-18(19)15-9-13(21)11-24-20(15)25-17;1-28(26,27)7-6-24-2-4-25(5-3-24)17-14(9-20)21-11-15-16(17)13-8-12(19)10-22-18(13)23-15;1-2-25-5-3-12(4-6-25)23-17-14(8-20)21-10-15-16(17)13-7-11(19)9-22-18(13)24-15;18-10-5-11-14-13(25-16(11)24-7-10)8-23-12(6-22)15(14)27-3-1-26(2-4-27)9-17(19,20)21;1-2-23-3-5-24(6-4-23)16-13(8-19)20-10-14-15(16)12-7-11(18)9-21-17(12)22-14/h9,11-12,14H,3-8H2,1-2H3,(H,24,25);8,10-11H,2-7H2,1H3,(H,22,23);7,9-10,12,23H,2-6H2,1H3,(H,22,24);5,7-8H,1-4,9H2,(H,24,25);7,9-10H,2-6H2,1H3,(H,21,22). The third-order valence-electron chi connectivity index (χ3n) is 24.9. The lowest BCUT2D eigenvalue weighted by atomic mass is 10.0. The zero-order valence-corrected chi connectivity index (χ0v) is 81.1. The summed E-state index contributed by atoms with van der Waals surface area (Å²) in [5.74, 6) is 0.162. The van der Waals surface area contributed by atoms with E-state index >= 15 is 0 Å². The van der Waals surface area contributed by atoms with Crippen molar-refractivity contribution in [2.24, 2.45) is 0 Å². The molecule has 676 valence electrons. The SMILES string of the molecule is CCN(CC)C1CCN(c2c(C#N)ncc3[nH]c4ncc(Br)cc4c23)CC1.CCN1CCC(Nc2c(C#N)ncc3[nH]c4ncc(Br)cc4c23)CC1.CCN1CCN(c2c(C#N)ncc3[nH]c4ncc(Br)cc4c23)CC1.CS(=O)(=O)CCN1CCN(c2c(C#N)ncc3[nH]c4ncc(Br)cc4c23)CC1.N#Cc1ncc2[nH]c3ncc(Br)cc3c2c1N1CCN(CC(F)(F)F)CC1. The van der Waals surface area contributed by atoms with Gasteiger partial charge < -0.3 is 64.5 Å². The summed E-state index contributed by atoms with van der Waals surface area (Å²) >= 11 is 17.4. The summed E-state index contributed by atoms with van der Waals surface area (Å²) in [5.41, 5.74) is 14.4. The highest BCUT2D eigenvalue weighted by Gasteiger charge is 2.35. The van der Waals surface area contributed by atoms with E-state index in [2.05, 4.69) is 258 Å². The predicted molar refractivity (Wildman–Crippen MR) is 523 cm³/mol. The summed E-state index contributed by atoms with van der Waals surface area (Å²) in [5, 5.41) is 61.3. The molecule has 0 bridgehead atoms. The minimum atomic E-state index is -4.21. The summed E-state index contributed by atoms with van der Waals surface area (Å²) in [7, 11) is -2.97. The first-order valence-electron chi connectivity index (χ1n) is 43.2. The van der Waals surface area contributed by atoms with Crippen molar-refractivity contribution in [2.45, 2.75) is 71.6 Å². The second-order valence-electron chi connectivity index (χ2n) is 32.7. The molecule has 0 spiro atoms. The number of anilines is 5. The van der Waals surface area contributed by atoms with E-state index in [0.29, 0.717) is 78.9 Å². The number of aromatic nitrogens is 15. The van der Waals surface area contributed by atoms with Crippen LogP contribution >= 0.6 is 79.6 Å². The summed E-state index contributed by atoms with van der Waals surface area (Å²) in [6.45, 7) is 24.8. The smallest absolute Gasteiger partial charge is 0.379 e. The van der Waals surface area contributed by atoms with Crippen molar-refractivity contribution >= 4 is 228 Å². The topological polar surface area (TPSA) is 402 Å². The van der Waals surface area contributed by atoms with Gasteiger partial charge in [0, 0.05) is 237 Å². The Labute approximate surface area is 794 Å². The second-order valence-corrected chi connectivity index (χ2v) is 39.6. The van der Waals surface area contributed by atoms with Crippen molar-refractivity contribution in [2.75, 3.05) is 181 Å². The molecule has 0 saturated carbocycles. The average Bonchev–Trinajstić information content (AvgIpc) is 1.57. The number of fused-ring (bicyclic) bond motifs is 15. The Morgan fingerprint density at radius 2 is 0.687 bits per heavy atom. The van der Waals surface area contributed by atoms with E-state index in [1.165, 1.54) is 11.2 Å².